The molecule has 0 unspecified atom stereocenters. The van der Waals surface area contributed by atoms with Gasteiger partial charge in [-0.2, -0.15) is 21.9 Å². The molecule has 8 aromatic rings. The summed E-state index contributed by atoms with van der Waals surface area (Å²) in [6.07, 6.45) is 0. The van der Waals surface area contributed by atoms with E-state index in [0.717, 1.165) is 12.1 Å². The Morgan fingerprint density at radius 3 is 1.60 bits per heavy atom. The molecule has 1 amide bonds. The number of phenolic OH excluding ortho intramolecular Hbond substituents is 1. The molecule has 23 heteroatoms. The standard InChI is InChI=1S/2C26H22ClN3O6S.Ba/c2*1-3-36-20-11-7-6-10-19(20)28-26(32)18-14-16-8-4-5-9-17(16)24(25(18)31)30-29-23-15(2)12-13-21(22(23)27)37(33,34)35;/h2*4-14,31H,3H2,1-2H3,(H,28,32)(H,33,34,35);/q;;+2/p-2. The normalized spacial score (nSPS) is 11.9. The van der Waals surface area contributed by atoms with Crippen molar-refractivity contribution in [1.29, 1.82) is 0 Å². The van der Waals surface area contributed by atoms with Crippen molar-refractivity contribution in [1.82, 2.24) is 0 Å². The number of benzene rings is 8. The van der Waals surface area contributed by atoms with Gasteiger partial charge in [0.15, 0.2) is 5.75 Å². The number of fused-ring (bicyclic) bond motifs is 2. The van der Waals surface area contributed by atoms with Gasteiger partial charge in [0.05, 0.1) is 40.2 Å². The number of halogens is 2. The van der Waals surface area contributed by atoms with Crippen molar-refractivity contribution in [3.8, 4) is 23.0 Å². The van der Waals surface area contributed by atoms with Crippen LogP contribution in [0.1, 0.15) is 40.9 Å². The minimum atomic E-state index is -4.62. The minimum absolute atomic E-state index is 0. The van der Waals surface area contributed by atoms with E-state index in [-0.39, 0.29) is 98.5 Å². The van der Waals surface area contributed by atoms with E-state index < -0.39 is 53.3 Å². The van der Waals surface area contributed by atoms with E-state index in [2.05, 4.69) is 30.8 Å². The Kier molecular flexibility index (Phi) is 19.3. The maximum atomic E-state index is 13.4. The van der Waals surface area contributed by atoms with Crippen molar-refractivity contribution in [2.24, 2.45) is 25.4 Å². The maximum absolute atomic E-state index is 13.4. The van der Waals surface area contributed by atoms with Gasteiger partial charge in [-0.1, -0.05) is 114 Å². The summed E-state index contributed by atoms with van der Waals surface area (Å²) in [5, 5.41) is 58.1. The van der Waals surface area contributed by atoms with E-state index in [4.69, 9.17) is 32.7 Å². The molecule has 0 aliphatic rings. The molecule has 4 N–H and O–H groups in total. The molecular formula is C52H42BaCl2N6O12S2. The van der Waals surface area contributed by atoms with E-state index in [1.165, 1.54) is 24.3 Å². The molecular weight excluding hydrogens is 1170 g/mol. The summed E-state index contributed by atoms with van der Waals surface area (Å²) < 4.78 is 76.6. The number of aromatic hydroxyl groups is 1. The Morgan fingerprint density at radius 2 is 1.05 bits per heavy atom. The molecule has 0 radical (unpaired) electrons. The number of anilines is 1. The molecule has 8 aromatic carbocycles. The SMILES string of the molecule is CCOc1ccccc1N=C([O-])c1cc2ccccc2c(N=Nc2c(C)ccc(S(=O)(=O)O)c2Cl)c1[O-].CCOc1ccccc1NC(=O)c1cc2ccccc2c(N=Nc2c(C)ccc(S(=O)(=O)O)c2Cl)c1O.[Ba+2]. The largest absolute Gasteiger partial charge is 2.00 e. The summed E-state index contributed by atoms with van der Waals surface area (Å²) in [6.45, 7) is 7.64. The molecule has 0 heterocycles. The second-order valence-electron chi connectivity index (χ2n) is 15.8. The number of ether oxygens (including phenoxy) is 2. The van der Waals surface area contributed by atoms with Crippen molar-refractivity contribution in [3.63, 3.8) is 0 Å². The fourth-order valence-electron chi connectivity index (χ4n) is 7.33. The van der Waals surface area contributed by atoms with Crippen molar-refractivity contribution in [3.05, 3.63) is 166 Å². The van der Waals surface area contributed by atoms with Gasteiger partial charge in [0.2, 0.25) is 0 Å². The predicted octanol–water partition coefficient (Wildman–Crippen LogP) is 11.8. The summed E-state index contributed by atoms with van der Waals surface area (Å²) in [7, 11) is -9.22. The molecule has 0 atom stereocenters. The van der Waals surface area contributed by atoms with Crippen LogP contribution in [-0.4, -0.2) is 105 Å². The van der Waals surface area contributed by atoms with Gasteiger partial charge in [0.1, 0.15) is 44.0 Å². The second-order valence-corrected chi connectivity index (χ2v) is 19.3. The van der Waals surface area contributed by atoms with Gasteiger partial charge >= 0.3 is 48.9 Å². The summed E-state index contributed by atoms with van der Waals surface area (Å²) in [5.74, 6) is -1.67. The van der Waals surface area contributed by atoms with Crippen molar-refractivity contribution in [2.75, 3.05) is 18.5 Å². The predicted molar refractivity (Wildman–Crippen MR) is 284 cm³/mol. The third-order valence-corrected chi connectivity index (χ3v) is 13.7. The molecule has 0 aliphatic carbocycles. The summed E-state index contributed by atoms with van der Waals surface area (Å²) >= 11 is 12.4. The third kappa shape index (κ3) is 13.3. The number of nitrogens with one attached hydrogen (secondary N) is 1. The molecule has 0 saturated carbocycles. The fourth-order valence-corrected chi connectivity index (χ4v) is 9.54. The van der Waals surface area contributed by atoms with Crippen molar-refractivity contribution < 1.29 is 55.5 Å². The number of phenols is 1. The van der Waals surface area contributed by atoms with E-state index in [0.29, 0.717) is 63.1 Å². The molecule has 0 spiro atoms. The fraction of sp³-hybridized carbons (Fsp3) is 0.115. The average Bonchev–Trinajstić information content (AvgIpc) is 3.35. The Hall–Kier alpha value is -6.41. The van der Waals surface area contributed by atoms with Crippen LogP contribution in [0.3, 0.4) is 0 Å². The first kappa shape index (κ1) is 57.9. The van der Waals surface area contributed by atoms with E-state index in [9.17, 15) is 46.1 Å². The molecule has 8 rings (SSSR count). The molecule has 75 heavy (non-hydrogen) atoms. The van der Waals surface area contributed by atoms with Gasteiger partial charge in [-0.25, -0.2) is 0 Å². The number of carbonyl (C=O) groups is 1. The Balaban J connectivity index is 0.000000241. The van der Waals surface area contributed by atoms with Gasteiger partial charge in [0, 0.05) is 10.8 Å². The zero-order valence-electron chi connectivity index (χ0n) is 40.1. The second kappa shape index (κ2) is 25.0. The first-order valence-electron chi connectivity index (χ1n) is 22.1. The van der Waals surface area contributed by atoms with Crippen LogP contribution < -0.4 is 25.0 Å². The summed E-state index contributed by atoms with van der Waals surface area (Å²) in [5.41, 5.74) is 1.11. The number of hydrogen-bond acceptors (Lipinski definition) is 15. The van der Waals surface area contributed by atoms with Crippen LogP contribution in [0.2, 0.25) is 10.0 Å². The molecule has 0 aromatic heterocycles. The van der Waals surface area contributed by atoms with Gasteiger partial charge < -0.3 is 30.1 Å². The van der Waals surface area contributed by atoms with Crippen LogP contribution in [0, 0.1) is 13.8 Å². The zero-order valence-corrected chi connectivity index (χ0v) is 47.7. The molecule has 0 aliphatic heterocycles. The number of azo groups is 2. The summed E-state index contributed by atoms with van der Waals surface area (Å²) in [4.78, 5) is 16.2. The van der Waals surface area contributed by atoms with Crippen LogP contribution in [0.4, 0.5) is 34.1 Å². The topological polar surface area (TPSA) is 284 Å². The number of carbonyl (C=O) groups excluding carboxylic acids is 1. The van der Waals surface area contributed by atoms with E-state index in [1.54, 1.807) is 118 Å². The summed E-state index contributed by atoms with van der Waals surface area (Å²) in [6, 6.07) is 35.4. The number of amides is 1. The van der Waals surface area contributed by atoms with Crippen LogP contribution in [0.5, 0.6) is 23.0 Å². The van der Waals surface area contributed by atoms with E-state index in [1.807, 2.05) is 6.92 Å². The van der Waals surface area contributed by atoms with Crippen LogP contribution in [-0.2, 0) is 20.2 Å². The number of para-hydroxylation sites is 4. The smallest absolute Gasteiger partial charge is 0.871 e. The molecule has 18 nitrogen and oxygen atoms in total. The quantitative estimate of drug-likeness (QED) is 0.0260. The Bertz CT molecular complexity index is 3830. The van der Waals surface area contributed by atoms with Gasteiger partial charge in [0.25, 0.3) is 26.1 Å². The van der Waals surface area contributed by atoms with Crippen LogP contribution in [0.15, 0.2) is 169 Å². The minimum Gasteiger partial charge on any atom is -0.871 e. The van der Waals surface area contributed by atoms with Gasteiger partial charge in [-0.05, 0) is 110 Å². The first-order valence-corrected chi connectivity index (χ1v) is 25.7. The number of nitrogens with zero attached hydrogens (tertiary/aromatic N) is 5. The van der Waals surface area contributed by atoms with Gasteiger partial charge in [-0.3, -0.25) is 18.9 Å². The molecule has 0 bridgehead atoms. The Morgan fingerprint density at radius 1 is 0.613 bits per heavy atom. The molecule has 0 saturated heterocycles. The number of aryl methyl sites for hydroxylation is 2. The number of hydrogen-bond donors (Lipinski definition) is 4. The number of aliphatic imine (C=N–C) groups is 1. The van der Waals surface area contributed by atoms with Gasteiger partial charge in [-0.15, -0.1) is 15.3 Å². The number of rotatable bonds is 14. The van der Waals surface area contributed by atoms with Crippen molar-refractivity contribution >= 4 is 160 Å². The third-order valence-electron chi connectivity index (χ3n) is 10.9. The van der Waals surface area contributed by atoms with Crippen molar-refractivity contribution in [2.45, 2.75) is 37.5 Å². The molecule has 380 valence electrons. The average molecular weight is 1220 g/mol. The Labute approximate surface area is 481 Å². The van der Waals surface area contributed by atoms with Crippen LogP contribution in [0.25, 0.3) is 21.5 Å². The zero-order chi connectivity index (χ0) is 53.5. The first-order chi connectivity index (χ1) is 35.2. The maximum Gasteiger partial charge on any atom is 2.00 e. The van der Waals surface area contributed by atoms with E-state index >= 15 is 0 Å². The van der Waals surface area contributed by atoms with Crippen LogP contribution >= 0.6 is 23.2 Å². The molecule has 0 fully saturated rings. The monoisotopic (exact) mass is 1210 g/mol.